The first-order valence-corrected chi connectivity index (χ1v) is 8.51. The van der Waals surface area contributed by atoms with Gasteiger partial charge in [0.15, 0.2) is 0 Å². The van der Waals surface area contributed by atoms with E-state index in [1.807, 2.05) is 12.3 Å². The highest BCUT2D eigenvalue weighted by molar-refractivity contribution is 5.83. The normalized spacial score (nSPS) is 18.0. The van der Waals surface area contributed by atoms with Crippen molar-refractivity contribution < 1.29 is 4.74 Å². The maximum absolute atomic E-state index is 5.36. The van der Waals surface area contributed by atoms with Crippen LogP contribution >= 0.6 is 0 Å². The molecule has 1 unspecified atom stereocenters. The fraction of sp³-hybridized carbons (Fsp3) is 0.300. The molecule has 4 rings (SSSR count). The van der Waals surface area contributed by atoms with Gasteiger partial charge < -0.3 is 19.9 Å². The van der Waals surface area contributed by atoms with Crippen molar-refractivity contribution in [2.75, 3.05) is 31.6 Å². The number of rotatable bonds is 4. The van der Waals surface area contributed by atoms with Gasteiger partial charge in [0.1, 0.15) is 5.75 Å². The number of hydrogen-bond donors (Lipinski definition) is 2. The number of H-pyrrole nitrogens is 1. The number of hydrogen-bond acceptors (Lipinski definition) is 3. The third kappa shape index (κ3) is 2.97. The van der Waals surface area contributed by atoms with Crippen LogP contribution in [0.2, 0.25) is 0 Å². The third-order valence-corrected chi connectivity index (χ3v) is 4.82. The Labute approximate surface area is 142 Å². The van der Waals surface area contributed by atoms with E-state index in [0.29, 0.717) is 6.04 Å². The smallest absolute Gasteiger partial charge is 0.119 e. The van der Waals surface area contributed by atoms with Gasteiger partial charge in [-0.25, -0.2) is 0 Å². The van der Waals surface area contributed by atoms with Crippen LogP contribution in [-0.2, 0) is 6.42 Å². The van der Waals surface area contributed by atoms with Gasteiger partial charge in [-0.15, -0.1) is 0 Å². The molecular weight excluding hydrogens is 298 g/mol. The molecule has 2 N–H and O–H groups in total. The molecule has 0 spiro atoms. The minimum absolute atomic E-state index is 0.447. The van der Waals surface area contributed by atoms with Gasteiger partial charge in [-0.2, -0.15) is 0 Å². The molecule has 1 saturated heterocycles. The first-order chi connectivity index (χ1) is 11.8. The second-order valence-corrected chi connectivity index (χ2v) is 6.36. The van der Waals surface area contributed by atoms with Gasteiger partial charge in [-0.1, -0.05) is 12.1 Å². The fourth-order valence-electron chi connectivity index (χ4n) is 3.57. The summed E-state index contributed by atoms with van der Waals surface area (Å²) >= 11 is 0. The summed E-state index contributed by atoms with van der Waals surface area (Å²) in [5.74, 6) is 0.927. The van der Waals surface area contributed by atoms with Crippen molar-refractivity contribution in [1.29, 1.82) is 0 Å². The molecule has 3 aromatic rings. The maximum atomic E-state index is 5.36. The Morgan fingerprint density at radius 1 is 1.17 bits per heavy atom. The topological polar surface area (TPSA) is 40.3 Å². The van der Waals surface area contributed by atoms with Crippen molar-refractivity contribution in [3.63, 3.8) is 0 Å². The molecule has 4 nitrogen and oxygen atoms in total. The van der Waals surface area contributed by atoms with Crippen LogP contribution in [0.1, 0.15) is 5.56 Å². The number of ether oxygens (including phenoxy) is 1. The monoisotopic (exact) mass is 321 g/mol. The molecule has 0 aliphatic carbocycles. The highest BCUT2D eigenvalue weighted by Crippen LogP contribution is 2.25. The predicted molar refractivity (Wildman–Crippen MR) is 99.0 cm³/mol. The molecule has 2 heterocycles. The van der Waals surface area contributed by atoms with E-state index >= 15 is 0 Å². The minimum atomic E-state index is 0.447. The van der Waals surface area contributed by atoms with E-state index in [0.717, 1.165) is 31.8 Å². The first kappa shape index (κ1) is 15.1. The average molecular weight is 321 g/mol. The number of nitrogens with zero attached hydrogens (tertiary/aromatic N) is 1. The molecule has 0 bridgehead atoms. The summed E-state index contributed by atoms with van der Waals surface area (Å²) in [5, 5.41) is 4.81. The molecule has 2 aromatic carbocycles. The van der Waals surface area contributed by atoms with Gasteiger partial charge in [0.25, 0.3) is 0 Å². The molecule has 1 fully saturated rings. The number of aromatic nitrogens is 1. The quantitative estimate of drug-likeness (QED) is 0.775. The Morgan fingerprint density at radius 3 is 3.04 bits per heavy atom. The van der Waals surface area contributed by atoms with Crippen LogP contribution in [0.4, 0.5) is 5.69 Å². The summed E-state index contributed by atoms with van der Waals surface area (Å²) in [6.45, 7) is 3.06. The van der Waals surface area contributed by atoms with Crippen LogP contribution in [0.3, 0.4) is 0 Å². The lowest BCUT2D eigenvalue weighted by Gasteiger charge is -2.38. The first-order valence-electron chi connectivity index (χ1n) is 8.51. The zero-order valence-electron chi connectivity index (χ0n) is 14.0. The molecule has 24 heavy (non-hydrogen) atoms. The molecule has 0 radical (unpaired) electrons. The van der Waals surface area contributed by atoms with E-state index in [1.165, 1.54) is 22.2 Å². The number of nitrogens with one attached hydrogen (secondary N) is 2. The van der Waals surface area contributed by atoms with Crippen molar-refractivity contribution in [2.24, 2.45) is 0 Å². The minimum Gasteiger partial charge on any atom is -0.497 e. The second kappa shape index (κ2) is 6.57. The lowest BCUT2D eigenvalue weighted by Crippen LogP contribution is -2.52. The van der Waals surface area contributed by atoms with Crippen LogP contribution in [-0.4, -0.2) is 37.8 Å². The van der Waals surface area contributed by atoms with Crippen molar-refractivity contribution in [2.45, 2.75) is 12.5 Å². The average Bonchev–Trinajstić information content (AvgIpc) is 3.10. The van der Waals surface area contributed by atoms with Crippen molar-refractivity contribution in [1.82, 2.24) is 10.3 Å². The Kier molecular flexibility index (Phi) is 4.13. The van der Waals surface area contributed by atoms with E-state index in [-0.39, 0.29) is 0 Å². The zero-order chi connectivity index (χ0) is 16.4. The lowest BCUT2D eigenvalue weighted by atomic mass is 10.0. The van der Waals surface area contributed by atoms with E-state index in [9.17, 15) is 0 Å². The number of fused-ring (bicyclic) bond motifs is 1. The van der Waals surface area contributed by atoms with E-state index < -0.39 is 0 Å². The summed E-state index contributed by atoms with van der Waals surface area (Å²) in [5.41, 5.74) is 3.81. The Bertz CT molecular complexity index is 826. The summed E-state index contributed by atoms with van der Waals surface area (Å²) < 4.78 is 5.36. The van der Waals surface area contributed by atoms with Crippen LogP contribution in [0.15, 0.2) is 54.7 Å². The SMILES string of the molecule is COc1cccc(CC2CNCCN2c2ccc3[nH]ccc3c2)c1. The van der Waals surface area contributed by atoms with Crippen LogP contribution < -0.4 is 15.0 Å². The number of benzene rings is 2. The lowest BCUT2D eigenvalue weighted by molar-refractivity contribution is 0.413. The van der Waals surface area contributed by atoms with Crippen LogP contribution in [0.25, 0.3) is 10.9 Å². The van der Waals surface area contributed by atoms with Crippen LogP contribution in [0, 0.1) is 0 Å². The number of methoxy groups -OCH3 is 1. The van der Waals surface area contributed by atoms with E-state index in [2.05, 4.69) is 57.7 Å². The van der Waals surface area contributed by atoms with E-state index in [1.54, 1.807) is 7.11 Å². The Hall–Kier alpha value is -2.46. The summed E-state index contributed by atoms with van der Waals surface area (Å²) in [6, 6.07) is 17.7. The van der Waals surface area contributed by atoms with Gasteiger partial charge in [-0.05, 0) is 48.4 Å². The molecule has 0 saturated carbocycles. The van der Waals surface area contributed by atoms with Crippen molar-refractivity contribution >= 4 is 16.6 Å². The van der Waals surface area contributed by atoms with Gasteiger partial charge in [0.2, 0.25) is 0 Å². The number of piperazine rings is 1. The van der Waals surface area contributed by atoms with Crippen LogP contribution in [0.5, 0.6) is 5.75 Å². The van der Waals surface area contributed by atoms with Gasteiger partial charge >= 0.3 is 0 Å². The molecule has 124 valence electrons. The maximum Gasteiger partial charge on any atom is 0.119 e. The predicted octanol–water partition coefficient (Wildman–Crippen LogP) is 3.20. The molecule has 4 heteroatoms. The molecule has 0 amide bonds. The van der Waals surface area contributed by atoms with Gasteiger partial charge in [0, 0.05) is 48.5 Å². The summed E-state index contributed by atoms with van der Waals surface area (Å²) in [7, 11) is 1.72. The highest BCUT2D eigenvalue weighted by atomic mass is 16.5. The zero-order valence-corrected chi connectivity index (χ0v) is 14.0. The Morgan fingerprint density at radius 2 is 2.12 bits per heavy atom. The van der Waals surface area contributed by atoms with Gasteiger partial charge in [-0.3, -0.25) is 0 Å². The molecule has 1 aromatic heterocycles. The fourth-order valence-corrected chi connectivity index (χ4v) is 3.57. The third-order valence-electron chi connectivity index (χ3n) is 4.82. The number of anilines is 1. The molecular formula is C20H23N3O. The second-order valence-electron chi connectivity index (χ2n) is 6.36. The number of aromatic amines is 1. The largest absolute Gasteiger partial charge is 0.497 e. The van der Waals surface area contributed by atoms with Crippen molar-refractivity contribution in [3.8, 4) is 5.75 Å². The van der Waals surface area contributed by atoms with Crippen molar-refractivity contribution in [3.05, 3.63) is 60.3 Å². The molecule has 1 aliphatic heterocycles. The standard InChI is InChI=1S/C20H23N3O/c1-24-19-4-2-3-15(12-19)11-18-14-21-9-10-23(18)17-5-6-20-16(13-17)7-8-22-20/h2-8,12-13,18,21-22H,9-11,14H2,1H3. The van der Waals surface area contributed by atoms with E-state index in [4.69, 9.17) is 4.74 Å². The molecule has 1 aliphatic rings. The highest BCUT2D eigenvalue weighted by Gasteiger charge is 2.23. The molecule has 1 atom stereocenters. The summed E-state index contributed by atoms with van der Waals surface area (Å²) in [6.07, 6.45) is 3.01. The summed E-state index contributed by atoms with van der Waals surface area (Å²) in [4.78, 5) is 5.80. The van der Waals surface area contributed by atoms with Gasteiger partial charge in [0.05, 0.1) is 7.11 Å². The Balaban J connectivity index is 1.60.